The molecule has 0 aliphatic rings. The summed E-state index contributed by atoms with van der Waals surface area (Å²) < 4.78 is 8.37. The molecular formula is C18H20N4O3. The van der Waals surface area contributed by atoms with Gasteiger partial charge in [-0.15, -0.1) is 0 Å². The van der Waals surface area contributed by atoms with Crippen LogP contribution in [0.2, 0.25) is 0 Å². The second-order valence-electron chi connectivity index (χ2n) is 5.62. The lowest BCUT2D eigenvalue weighted by molar-refractivity contribution is -0.124. The molecule has 2 heterocycles. The van der Waals surface area contributed by atoms with E-state index in [1.807, 2.05) is 31.2 Å². The van der Waals surface area contributed by atoms with Crippen LogP contribution >= 0.6 is 0 Å². The molecule has 2 aromatic heterocycles. The molecule has 1 amide bonds. The molecular weight excluding hydrogens is 320 g/mol. The van der Waals surface area contributed by atoms with Crippen molar-refractivity contribution in [1.82, 2.24) is 19.5 Å². The van der Waals surface area contributed by atoms with Gasteiger partial charge in [0.2, 0.25) is 5.91 Å². The van der Waals surface area contributed by atoms with E-state index >= 15 is 0 Å². The number of nitrogens with zero attached hydrogens (tertiary/aromatic N) is 3. The highest BCUT2D eigenvalue weighted by Crippen LogP contribution is 2.17. The lowest BCUT2D eigenvalue weighted by atomic mass is 10.2. The molecule has 0 bridgehead atoms. The van der Waals surface area contributed by atoms with E-state index in [1.165, 1.54) is 11.0 Å². The third-order valence-corrected chi connectivity index (χ3v) is 3.98. The fraction of sp³-hybridized carbons (Fsp3) is 0.278. The zero-order valence-corrected chi connectivity index (χ0v) is 14.2. The number of aromatic nitrogens is 3. The maximum atomic E-state index is 12.5. The van der Waals surface area contributed by atoms with Gasteiger partial charge in [0.1, 0.15) is 23.6 Å². The minimum atomic E-state index is -0.716. The predicted octanol–water partition coefficient (Wildman–Crippen LogP) is 1.77. The molecule has 130 valence electrons. The first-order valence-electron chi connectivity index (χ1n) is 8.14. The van der Waals surface area contributed by atoms with E-state index in [0.29, 0.717) is 18.7 Å². The SMILES string of the molecule is CCOc1ccccc1CNC(=O)[C@@H](C)n1ncn2cccc2c1=O. The van der Waals surface area contributed by atoms with Crippen LogP contribution in [0.5, 0.6) is 5.75 Å². The Morgan fingerprint density at radius 2 is 2.08 bits per heavy atom. The molecule has 1 aromatic carbocycles. The number of benzene rings is 1. The summed E-state index contributed by atoms with van der Waals surface area (Å²) in [4.78, 5) is 24.9. The van der Waals surface area contributed by atoms with Crippen molar-refractivity contribution in [3.05, 3.63) is 64.8 Å². The van der Waals surface area contributed by atoms with E-state index in [4.69, 9.17) is 4.74 Å². The third kappa shape index (κ3) is 3.40. The standard InChI is InChI=1S/C18H20N4O3/c1-3-25-16-9-5-4-7-14(16)11-19-17(23)13(2)22-18(24)15-8-6-10-21(15)12-20-22/h4-10,12-13H,3,11H2,1-2H3,(H,19,23)/t13-/m1/s1. The van der Waals surface area contributed by atoms with E-state index in [-0.39, 0.29) is 11.5 Å². The lowest BCUT2D eigenvalue weighted by Crippen LogP contribution is -2.37. The largest absolute Gasteiger partial charge is 0.494 e. The third-order valence-electron chi connectivity index (χ3n) is 3.98. The molecule has 7 heteroatoms. The van der Waals surface area contributed by atoms with Crippen LogP contribution in [-0.4, -0.2) is 26.7 Å². The molecule has 1 N–H and O–H groups in total. The molecule has 0 spiro atoms. The van der Waals surface area contributed by atoms with Crippen molar-refractivity contribution in [3.8, 4) is 5.75 Å². The second-order valence-corrected chi connectivity index (χ2v) is 5.62. The number of ether oxygens (including phenoxy) is 1. The first kappa shape index (κ1) is 16.8. The van der Waals surface area contributed by atoms with Gasteiger partial charge >= 0.3 is 0 Å². The van der Waals surface area contributed by atoms with Crippen molar-refractivity contribution in [2.75, 3.05) is 6.61 Å². The normalized spacial score (nSPS) is 12.1. The molecule has 0 radical (unpaired) electrons. The summed E-state index contributed by atoms with van der Waals surface area (Å²) in [5.41, 5.74) is 1.06. The number of hydrogen-bond donors (Lipinski definition) is 1. The second kappa shape index (κ2) is 7.21. The summed E-state index contributed by atoms with van der Waals surface area (Å²) in [5.74, 6) is 0.458. The Labute approximate surface area is 144 Å². The summed E-state index contributed by atoms with van der Waals surface area (Å²) >= 11 is 0. The van der Waals surface area contributed by atoms with Crippen molar-refractivity contribution < 1.29 is 9.53 Å². The highest BCUT2D eigenvalue weighted by Gasteiger charge is 2.18. The minimum Gasteiger partial charge on any atom is -0.494 e. The Morgan fingerprint density at radius 1 is 1.28 bits per heavy atom. The molecule has 0 saturated heterocycles. The summed E-state index contributed by atoms with van der Waals surface area (Å²) in [6, 6.07) is 10.3. The number of para-hydroxylation sites is 1. The van der Waals surface area contributed by atoms with Gasteiger partial charge in [-0.2, -0.15) is 5.10 Å². The topological polar surface area (TPSA) is 77.6 Å². The molecule has 3 rings (SSSR count). The first-order chi connectivity index (χ1) is 12.1. The fourth-order valence-electron chi connectivity index (χ4n) is 2.62. The summed E-state index contributed by atoms with van der Waals surface area (Å²) in [6.07, 6.45) is 3.26. The Kier molecular flexibility index (Phi) is 4.83. The highest BCUT2D eigenvalue weighted by atomic mass is 16.5. The van der Waals surface area contributed by atoms with Crippen molar-refractivity contribution in [1.29, 1.82) is 0 Å². The predicted molar refractivity (Wildman–Crippen MR) is 93.6 cm³/mol. The molecule has 3 aromatic rings. The van der Waals surface area contributed by atoms with Gasteiger partial charge in [0.25, 0.3) is 5.56 Å². The van der Waals surface area contributed by atoms with E-state index in [1.54, 1.807) is 29.7 Å². The molecule has 0 aliphatic carbocycles. The minimum absolute atomic E-state index is 0.281. The van der Waals surface area contributed by atoms with E-state index in [2.05, 4.69) is 10.4 Å². The molecule has 7 nitrogen and oxygen atoms in total. The average molecular weight is 340 g/mol. The quantitative estimate of drug-likeness (QED) is 0.742. The smallest absolute Gasteiger partial charge is 0.291 e. The van der Waals surface area contributed by atoms with Crippen molar-refractivity contribution in [2.45, 2.75) is 26.4 Å². The zero-order valence-electron chi connectivity index (χ0n) is 14.2. The van der Waals surface area contributed by atoms with Crippen LogP contribution in [0.1, 0.15) is 25.5 Å². The van der Waals surface area contributed by atoms with Gasteiger partial charge in [0, 0.05) is 18.3 Å². The Morgan fingerprint density at radius 3 is 2.88 bits per heavy atom. The van der Waals surface area contributed by atoms with Crippen LogP contribution in [-0.2, 0) is 11.3 Å². The van der Waals surface area contributed by atoms with Crippen molar-refractivity contribution in [3.63, 3.8) is 0 Å². The van der Waals surface area contributed by atoms with Gasteiger partial charge in [-0.1, -0.05) is 18.2 Å². The average Bonchev–Trinajstić information content (AvgIpc) is 3.10. The first-order valence-corrected chi connectivity index (χ1v) is 8.14. The number of carbonyl (C=O) groups excluding carboxylic acids is 1. The van der Waals surface area contributed by atoms with Gasteiger partial charge in [0.15, 0.2) is 0 Å². The van der Waals surface area contributed by atoms with Crippen LogP contribution in [0, 0.1) is 0 Å². The van der Waals surface area contributed by atoms with Crippen molar-refractivity contribution in [2.24, 2.45) is 0 Å². The van der Waals surface area contributed by atoms with Crippen LogP contribution in [0.4, 0.5) is 0 Å². The molecule has 0 unspecified atom stereocenters. The maximum absolute atomic E-state index is 12.5. The van der Waals surface area contributed by atoms with E-state index in [9.17, 15) is 9.59 Å². The number of rotatable bonds is 6. The zero-order chi connectivity index (χ0) is 17.8. The Balaban J connectivity index is 1.74. The van der Waals surface area contributed by atoms with Gasteiger partial charge in [-0.25, -0.2) is 4.68 Å². The van der Waals surface area contributed by atoms with Gasteiger partial charge in [0.05, 0.1) is 6.61 Å². The lowest BCUT2D eigenvalue weighted by Gasteiger charge is -2.15. The summed E-state index contributed by atoms with van der Waals surface area (Å²) in [7, 11) is 0. The molecule has 0 saturated carbocycles. The van der Waals surface area contributed by atoms with Crippen LogP contribution in [0.25, 0.3) is 5.52 Å². The fourth-order valence-corrected chi connectivity index (χ4v) is 2.62. The number of hydrogen-bond acceptors (Lipinski definition) is 4. The number of carbonyl (C=O) groups is 1. The molecule has 25 heavy (non-hydrogen) atoms. The summed E-state index contributed by atoms with van der Waals surface area (Å²) in [6.45, 7) is 4.43. The number of fused-ring (bicyclic) bond motifs is 1. The van der Waals surface area contributed by atoms with Crippen LogP contribution < -0.4 is 15.6 Å². The van der Waals surface area contributed by atoms with Crippen LogP contribution in [0.15, 0.2) is 53.7 Å². The van der Waals surface area contributed by atoms with E-state index < -0.39 is 6.04 Å². The number of nitrogens with one attached hydrogen (secondary N) is 1. The van der Waals surface area contributed by atoms with Crippen molar-refractivity contribution >= 4 is 11.4 Å². The maximum Gasteiger partial charge on any atom is 0.291 e. The van der Waals surface area contributed by atoms with Gasteiger partial charge in [-0.3, -0.25) is 9.59 Å². The molecule has 0 aliphatic heterocycles. The van der Waals surface area contributed by atoms with E-state index in [0.717, 1.165) is 11.3 Å². The van der Waals surface area contributed by atoms with Gasteiger partial charge < -0.3 is 14.5 Å². The van der Waals surface area contributed by atoms with Gasteiger partial charge in [-0.05, 0) is 32.0 Å². The Bertz CT molecular complexity index is 945. The summed E-state index contributed by atoms with van der Waals surface area (Å²) in [5, 5.41) is 6.92. The number of amides is 1. The molecule has 0 fully saturated rings. The Hall–Kier alpha value is -3.09. The molecule has 1 atom stereocenters. The van der Waals surface area contributed by atoms with Crippen LogP contribution in [0.3, 0.4) is 0 Å². The monoisotopic (exact) mass is 340 g/mol. The highest BCUT2D eigenvalue weighted by molar-refractivity contribution is 5.79.